The molecule has 0 radical (unpaired) electrons. The van der Waals surface area contributed by atoms with Crippen molar-refractivity contribution in [3.8, 4) is 11.4 Å². The zero-order valence-electron chi connectivity index (χ0n) is 21.0. The molecule has 36 heavy (non-hydrogen) atoms. The number of carbonyl (C=O) groups excluding carboxylic acids is 1. The van der Waals surface area contributed by atoms with E-state index in [1.807, 2.05) is 25.7 Å². The van der Waals surface area contributed by atoms with E-state index in [-0.39, 0.29) is 23.8 Å². The van der Waals surface area contributed by atoms with Crippen molar-refractivity contribution in [2.45, 2.75) is 58.8 Å². The molecule has 1 saturated heterocycles. The van der Waals surface area contributed by atoms with E-state index < -0.39 is 11.4 Å². The van der Waals surface area contributed by atoms with Gasteiger partial charge in [-0.1, -0.05) is 11.6 Å². The molecule has 8 nitrogen and oxygen atoms in total. The molecule has 0 aliphatic carbocycles. The van der Waals surface area contributed by atoms with Gasteiger partial charge in [0.25, 0.3) is 5.91 Å². The summed E-state index contributed by atoms with van der Waals surface area (Å²) >= 11 is 6.19. The highest BCUT2D eigenvalue weighted by Crippen LogP contribution is 2.26. The van der Waals surface area contributed by atoms with E-state index in [2.05, 4.69) is 24.8 Å². The van der Waals surface area contributed by atoms with Crippen molar-refractivity contribution in [1.82, 2.24) is 29.7 Å². The monoisotopic (exact) mass is 512 g/mol. The Bertz CT molecular complexity index is 1280. The van der Waals surface area contributed by atoms with E-state index in [1.165, 1.54) is 12.3 Å². The maximum Gasteiger partial charge on any atom is 0.254 e. The highest BCUT2D eigenvalue weighted by molar-refractivity contribution is 6.31. The molecule has 10 heteroatoms. The fourth-order valence-corrected chi connectivity index (χ4v) is 4.51. The number of aromatic nitrogens is 4. The second kappa shape index (κ2) is 10.2. The van der Waals surface area contributed by atoms with Crippen LogP contribution in [0.5, 0.6) is 0 Å². The van der Waals surface area contributed by atoms with Crippen molar-refractivity contribution >= 4 is 17.5 Å². The summed E-state index contributed by atoms with van der Waals surface area (Å²) in [5.74, 6) is -0.264. The van der Waals surface area contributed by atoms with E-state index in [1.54, 1.807) is 38.4 Å². The minimum Gasteiger partial charge on any atom is -0.382 e. The van der Waals surface area contributed by atoms with E-state index in [0.717, 1.165) is 5.56 Å². The highest BCUT2D eigenvalue weighted by atomic mass is 35.5. The predicted molar refractivity (Wildman–Crippen MR) is 135 cm³/mol. The average molecular weight is 513 g/mol. The summed E-state index contributed by atoms with van der Waals surface area (Å²) in [4.78, 5) is 35.0. The molecule has 4 heterocycles. The third kappa shape index (κ3) is 5.53. The first kappa shape index (κ1) is 26.1. The standard InChI is InChI=1S/C26H30ClFN6O2/c1-15-10-30-22(21-6-7-29-25(32-21)26(4,5)36)9-19(15)24(35)34-13-16(2)33(12-17(34)3)14-23-20(27)8-18(28)11-31-23/h6-11,16-17,36H,12-14H2,1-5H3/t16-,17+/m0/s1. The first-order valence-corrected chi connectivity index (χ1v) is 12.2. The first-order valence-electron chi connectivity index (χ1n) is 11.8. The lowest BCUT2D eigenvalue weighted by Gasteiger charge is -2.44. The molecule has 3 aromatic rings. The van der Waals surface area contributed by atoms with Crippen LogP contribution in [0.4, 0.5) is 4.39 Å². The number of piperazine rings is 1. The maximum atomic E-state index is 13.7. The summed E-state index contributed by atoms with van der Waals surface area (Å²) in [6, 6.07) is 4.71. The number of nitrogens with zero attached hydrogens (tertiary/aromatic N) is 6. The van der Waals surface area contributed by atoms with Gasteiger partial charge in [0.2, 0.25) is 0 Å². The van der Waals surface area contributed by atoms with Crippen LogP contribution in [0.15, 0.2) is 36.8 Å². The number of pyridine rings is 2. The van der Waals surface area contributed by atoms with Crippen LogP contribution in [0.3, 0.4) is 0 Å². The lowest BCUT2D eigenvalue weighted by molar-refractivity contribution is 0.0286. The maximum absolute atomic E-state index is 13.7. The highest BCUT2D eigenvalue weighted by Gasteiger charge is 2.33. The molecule has 0 saturated carbocycles. The molecule has 1 aliphatic heterocycles. The third-order valence-electron chi connectivity index (χ3n) is 6.41. The molecule has 4 rings (SSSR count). The molecular weight excluding hydrogens is 483 g/mol. The first-order chi connectivity index (χ1) is 16.9. The van der Waals surface area contributed by atoms with E-state index in [9.17, 15) is 14.3 Å². The zero-order chi connectivity index (χ0) is 26.2. The van der Waals surface area contributed by atoms with Gasteiger partial charge >= 0.3 is 0 Å². The molecule has 0 bridgehead atoms. The molecular formula is C26H30ClFN6O2. The largest absolute Gasteiger partial charge is 0.382 e. The lowest BCUT2D eigenvalue weighted by Crippen LogP contribution is -2.57. The van der Waals surface area contributed by atoms with Gasteiger partial charge in [-0.05, 0) is 58.4 Å². The van der Waals surface area contributed by atoms with Crippen molar-refractivity contribution < 1.29 is 14.3 Å². The Labute approximate surface area is 215 Å². The third-order valence-corrected chi connectivity index (χ3v) is 6.74. The van der Waals surface area contributed by atoms with Crippen LogP contribution in [0, 0.1) is 12.7 Å². The Morgan fingerprint density at radius 2 is 1.89 bits per heavy atom. The fraction of sp³-hybridized carbons (Fsp3) is 0.423. The van der Waals surface area contributed by atoms with Gasteiger partial charge < -0.3 is 10.0 Å². The van der Waals surface area contributed by atoms with Gasteiger partial charge in [0, 0.05) is 49.7 Å². The van der Waals surface area contributed by atoms with Gasteiger partial charge in [-0.15, -0.1) is 0 Å². The Balaban J connectivity index is 1.55. The van der Waals surface area contributed by atoms with Crippen molar-refractivity contribution in [3.63, 3.8) is 0 Å². The molecule has 3 aromatic heterocycles. The summed E-state index contributed by atoms with van der Waals surface area (Å²) in [5.41, 5.74) is 1.81. The summed E-state index contributed by atoms with van der Waals surface area (Å²) in [7, 11) is 0. The average Bonchev–Trinajstić information content (AvgIpc) is 2.82. The number of halogens is 2. The van der Waals surface area contributed by atoms with Gasteiger partial charge in [0.15, 0.2) is 5.82 Å². The molecule has 0 aromatic carbocycles. The summed E-state index contributed by atoms with van der Waals surface area (Å²) in [6.07, 6.45) is 4.41. The molecule has 1 fully saturated rings. The van der Waals surface area contributed by atoms with Crippen LogP contribution in [0.1, 0.15) is 55.1 Å². The summed E-state index contributed by atoms with van der Waals surface area (Å²) in [6.45, 7) is 10.8. The number of amides is 1. The number of carbonyl (C=O) groups is 1. The van der Waals surface area contributed by atoms with E-state index >= 15 is 0 Å². The van der Waals surface area contributed by atoms with Crippen LogP contribution in [-0.4, -0.2) is 65.9 Å². The van der Waals surface area contributed by atoms with E-state index in [0.29, 0.717) is 47.3 Å². The molecule has 1 amide bonds. The van der Waals surface area contributed by atoms with Crippen LogP contribution in [0.25, 0.3) is 11.4 Å². The fourth-order valence-electron chi connectivity index (χ4n) is 4.30. The second-order valence-electron chi connectivity index (χ2n) is 9.88. The minimum absolute atomic E-state index is 0.0471. The summed E-state index contributed by atoms with van der Waals surface area (Å²) in [5, 5.41) is 10.6. The molecule has 190 valence electrons. The number of aryl methyl sites for hydroxylation is 1. The van der Waals surface area contributed by atoms with E-state index in [4.69, 9.17) is 11.6 Å². The van der Waals surface area contributed by atoms with Crippen molar-refractivity contribution in [2.75, 3.05) is 13.1 Å². The number of hydrogen-bond donors (Lipinski definition) is 1. The predicted octanol–water partition coefficient (Wildman–Crippen LogP) is 4.00. The van der Waals surface area contributed by atoms with Crippen molar-refractivity contribution in [3.05, 3.63) is 70.3 Å². The number of aliphatic hydroxyl groups is 1. The Morgan fingerprint density at radius 1 is 1.14 bits per heavy atom. The Hall–Kier alpha value is -3.01. The molecule has 1 aliphatic rings. The zero-order valence-corrected chi connectivity index (χ0v) is 21.8. The van der Waals surface area contributed by atoms with Gasteiger partial charge in [0.05, 0.1) is 28.3 Å². The molecule has 0 unspecified atom stereocenters. The minimum atomic E-state index is -1.20. The summed E-state index contributed by atoms with van der Waals surface area (Å²) < 4.78 is 13.4. The van der Waals surface area contributed by atoms with Crippen molar-refractivity contribution in [2.24, 2.45) is 0 Å². The smallest absolute Gasteiger partial charge is 0.254 e. The van der Waals surface area contributed by atoms with Crippen molar-refractivity contribution in [1.29, 1.82) is 0 Å². The molecule has 0 spiro atoms. The van der Waals surface area contributed by atoms with Crippen LogP contribution in [-0.2, 0) is 12.1 Å². The SMILES string of the molecule is Cc1cnc(-c2ccnc(C(C)(C)O)n2)cc1C(=O)N1C[C@H](C)N(Cc2ncc(F)cc2Cl)C[C@H]1C. The van der Waals surface area contributed by atoms with Crippen LogP contribution < -0.4 is 0 Å². The Morgan fingerprint density at radius 3 is 2.58 bits per heavy atom. The molecule has 2 atom stereocenters. The van der Waals surface area contributed by atoms with Crippen LogP contribution in [0.2, 0.25) is 5.02 Å². The molecule has 1 N–H and O–H groups in total. The van der Waals surface area contributed by atoms with Gasteiger partial charge in [-0.25, -0.2) is 14.4 Å². The normalized spacial score (nSPS) is 18.9. The Kier molecular flexibility index (Phi) is 7.36. The quantitative estimate of drug-likeness (QED) is 0.552. The topological polar surface area (TPSA) is 95.3 Å². The van der Waals surface area contributed by atoms with Gasteiger partial charge in [-0.2, -0.15) is 0 Å². The van der Waals surface area contributed by atoms with Gasteiger partial charge in [0.1, 0.15) is 11.4 Å². The van der Waals surface area contributed by atoms with Crippen LogP contribution >= 0.6 is 11.6 Å². The number of hydrogen-bond acceptors (Lipinski definition) is 7. The van der Waals surface area contributed by atoms with Gasteiger partial charge in [-0.3, -0.25) is 19.7 Å². The number of rotatable bonds is 5. The lowest BCUT2D eigenvalue weighted by atomic mass is 10.0. The second-order valence-corrected chi connectivity index (χ2v) is 10.3.